The molecule has 1 aromatic heterocycles. The summed E-state index contributed by atoms with van der Waals surface area (Å²) >= 11 is 0. The van der Waals surface area contributed by atoms with Crippen LogP contribution in [-0.2, 0) is 16.1 Å². The lowest BCUT2D eigenvalue weighted by Crippen LogP contribution is -2.39. The molecule has 0 saturated heterocycles. The number of esters is 1. The number of carbonyl (C=O) groups excluding carboxylic acids is 2. The lowest BCUT2D eigenvalue weighted by Gasteiger charge is -2.12. The van der Waals surface area contributed by atoms with Crippen molar-refractivity contribution >= 4 is 22.8 Å². The number of nitrogens with one attached hydrogen (secondary N) is 1. The Hall–Kier alpha value is -3.08. The van der Waals surface area contributed by atoms with Gasteiger partial charge in [-0.25, -0.2) is 4.79 Å². The quantitative estimate of drug-likeness (QED) is 0.729. The third-order valence-electron chi connectivity index (χ3n) is 4.13. The molecule has 2 aromatic carbocycles. The molecule has 1 heterocycles. The number of methoxy groups -OCH3 is 1. The molecule has 3 aromatic rings. The maximum atomic E-state index is 12.3. The maximum Gasteiger partial charge on any atom is 0.328 e. The minimum atomic E-state index is -0.684. The van der Waals surface area contributed by atoms with Gasteiger partial charge in [-0.05, 0) is 36.8 Å². The van der Waals surface area contributed by atoms with Gasteiger partial charge in [-0.2, -0.15) is 0 Å². The van der Waals surface area contributed by atoms with Crippen molar-refractivity contribution in [3.8, 4) is 0 Å². The highest BCUT2D eigenvalue weighted by atomic mass is 16.5. The molecule has 0 bridgehead atoms. The molecule has 0 aliphatic rings. The van der Waals surface area contributed by atoms with Gasteiger partial charge in [-0.3, -0.25) is 4.79 Å². The first kappa shape index (κ1) is 16.8. The van der Waals surface area contributed by atoms with E-state index in [1.807, 2.05) is 42.6 Å². The highest BCUT2D eigenvalue weighted by molar-refractivity contribution is 5.99. The van der Waals surface area contributed by atoms with Gasteiger partial charge >= 0.3 is 5.97 Å². The largest absolute Gasteiger partial charge is 0.467 e. The number of nitrogens with zero attached hydrogens (tertiary/aromatic N) is 1. The van der Waals surface area contributed by atoms with Crippen molar-refractivity contribution in [2.75, 3.05) is 7.11 Å². The first-order valence-electron chi connectivity index (χ1n) is 8.10. The van der Waals surface area contributed by atoms with Crippen LogP contribution in [0, 0.1) is 0 Å². The Kier molecular flexibility index (Phi) is 4.84. The van der Waals surface area contributed by atoms with Gasteiger partial charge in [0.05, 0.1) is 7.11 Å². The Labute approximate surface area is 146 Å². The number of hydrogen-bond donors (Lipinski definition) is 1. The van der Waals surface area contributed by atoms with E-state index in [0.717, 1.165) is 17.4 Å². The third-order valence-corrected chi connectivity index (χ3v) is 4.13. The number of rotatable bonds is 5. The van der Waals surface area contributed by atoms with Gasteiger partial charge in [0.25, 0.3) is 5.91 Å². The lowest BCUT2D eigenvalue weighted by molar-refractivity contribution is -0.142. The number of fused-ring (bicyclic) bond motifs is 1. The van der Waals surface area contributed by atoms with E-state index >= 15 is 0 Å². The lowest BCUT2D eigenvalue weighted by atomic mass is 10.1. The number of ether oxygens (including phenoxy) is 1. The molecule has 1 unspecified atom stereocenters. The van der Waals surface area contributed by atoms with E-state index in [9.17, 15) is 9.59 Å². The van der Waals surface area contributed by atoms with Crippen LogP contribution in [0.3, 0.4) is 0 Å². The van der Waals surface area contributed by atoms with Crippen molar-refractivity contribution in [3.63, 3.8) is 0 Å². The second-order valence-electron chi connectivity index (χ2n) is 5.92. The van der Waals surface area contributed by atoms with Gasteiger partial charge in [-0.1, -0.05) is 30.3 Å². The number of benzene rings is 2. The summed E-state index contributed by atoms with van der Waals surface area (Å²) in [5, 5.41) is 3.62. The summed E-state index contributed by atoms with van der Waals surface area (Å²) < 4.78 is 6.76. The number of hydrogen-bond acceptors (Lipinski definition) is 3. The van der Waals surface area contributed by atoms with E-state index in [-0.39, 0.29) is 5.91 Å². The summed E-state index contributed by atoms with van der Waals surface area (Å²) in [6.07, 6.45) is 2.01. The van der Waals surface area contributed by atoms with Crippen molar-refractivity contribution in [1.82, 2.24) is 9.88 Å². The molecule has 0 fully saturated rings. The zero-order valence-electron chi connectivity index (χ0n) is 14.2. The average Bonchev–Trinajstić information content (AvgIpc) is 3.03. The molecule has 0 spiro atoms. The smallest absolute Gasteiger partial charge is 0.328 e. The van der Waals surface area contributed by atoms with Crippen LogP contribution in [0.15, 0.2) is 60.8 Å². The molecular weight excluding hydrogens is 316 g/mol. The Morgan fingerprint density at radius 2 is 1.88 bits per heavy atom. The average molecular weight is 336 g/mol. The summed E-state index contributed by atoms with van der Waals surface area (Å²) in [5.41, 5.74) is 2.79. The van der Waals surface area contributed by atoms with Crippen LogP contribution in [0.5, 0.6) is 0 Å². The van der Waals surface area contributed by atoms with Crippen LogP contribution in [-0.4, -0.2) is 29.6 Å². The molecule has 0 aliphatic heterocycles. The Morgan fingerprint density at radius 1 is 1.12 bits per heavy atom. The van der Waals surface area contributed by atoms with Crippen LogP contribution in [0.1, 0.15) is 22.8 Å². The van der Waals surface area contributed by atoms with Gasteiger partial charge < -0.3 is 14.6 Å². The summed E-state index contributed by atoms with van der Waals surface area (Å²) in [7, 11) is 1.30. The highest BCUT2D eigenvalue weighted by Gasteiger charge is 2.17. The molecule has 0 radical (unpaired) electrons. The zero-order valence-corrected chi connectivity index (χ0v) is 14.2. The Bertz CT molecular complexity index is 900. The topological polar surface area (TPSA) is 60.3 Å². The fourth-order valence-electron chi connectivity index (χ4n) is 2.78. The molecule has 1 atom stereocenters. The maximum absolute atomic E-state index is 12.3. The first-order valence-corrected chi connectivity index (χ1v) is 8.10. The van der Waals surface area contributed by atoms with E-state index in [0.29, 0.717) is 5.56 Å². The Balaban J connectivity index is 1.79. The molecule has 5 nitrogen and oxygen atoms in total. The first-order chi connectivity index (χ1) is 12.1. The fourth-order valence-corrected chi connectivity index (χ4v) is 2.78. The number of amides is 1. The number of carbonyl (C=O) groups is 2. The van der Waals surface area contributed by atoms with Crippen LogP contribution >= 0.6 is 0 Å². The van der Waals surface area contributed by atoms with Crippen molar-refractivity contribution in [1.29, 1.82) is 0 Å². The van der Waals surface area contributed by atoms with Crippen LogP contribution < -0.4 is 5.32 Å². The second kappa shape index (κ2) is 7.21. The molecule has 5 heteroatoms. The minimum Gasteiger partial charge on any atom is -0.467 e. The summed E-state index contributed by atoms with van der Waals surface area (Å²) in [5.74, 6) is -0.765. The standard InChI is InChI=1S/C20H20N2O3/c1-14(20(24)25-2)21-19(23)17-8-9-18-16(12-17)10-11-22(18)13-15-6-4-3-5-7-15/h3-12,14H,13H2,1-2H3,(H,21,23). The molecule has 128 valence electrons. The Morgan fingerprint density at radius 3 is 2.60 bits per heavy atom. The predicted molar refractivity (Wildman–Crippen MR) is 96.4 cm³/mol. The van der Waals surface area contributed by atoms with Gasteiger partial charge in [0.15, 0.2) is 0 Å². The molecular formula is C20H20N2O3. The summed E-state index contributed by atoms with van der Waals surface area (Å²) in [6, 6.07) is 17.0. The van der Waals surface area contributed by atoms with E-state index in [4.69, 9.17) is 0 Å². The van der Waals surface area contributed by atoms with Crippen molar-refractivity contribution in [2.24, 2.45) is 0 Å². The highest BCUT2D eigenvalue weighted by Crippen LogP contribution is 2.19. The van der Waals surface area contributed by atoms with Crippen molar-refractivity contribution in [3.05, 3.63) is 71.9 Å². The molecule has 1 N–H and O–H groups in total. The van der Waals surface area contributed by atoms with E-state index in [1.54, 1.807) is 13.0 Å². The normalized spacial score (nSPS) is 11.9. The van der Waals surface area contributed by atoms with Crippen LogP contribution in [0.4, 0.5) is 0 Å². The fraction of sp³-hybridized carbons (Fsp3) is 0.200. The monoisotopic (exact) mass is 336 g/mol. The van der Waals surface area contributed by atoms with Crippen molar-refractivity contribution < 1.29 is 14.3 Å². The van der Waals surface area contributed by atoms with Crippen LogP contribution in [0.25, 0.3) is 10.9 Å². The second-order valence-corrected chi connectivity index (χ2v) is 5.92. The molecule has 25 heavy (non-hydrogen) atoms. The van der Waals surface area contributed by atoms with Crippen molar-refractivity contribution in [2.45, 2.75) is 19.5 Å². The van der Waals surface area contributed by atoms with Gasteiger partial charge in [-0.15, -0.1) is 0 Å². The molecule has 3 rings (SSSR count). The van der Waals surface area contributed by atoms with Crippen LogP contribution in [0.2, 0.25) is 0 Å². The number of aromatic nitrogens is 1. The van der Waals surface area contributed by atoms with Gasteiger partial charge in [0, 0.05) is 29.2 Å². The molecule has 0 aliphatic carbocycles. The molecule has 1 amide bonds. The van der Waals surface area contributed by atoms with E-state index in [2.05, 4.69) is 26.8 Å². The third kappa shape index (κ3) is 3.71. The predicted octanol–water partition coefficient (Wildman–Crippen LogP) is 2.98. The van der Waals surface area contributed by atoms with E-state index in [1.165, 1.54) is 12.7 Å². The minimum absolute atomic E-state index is 0.296. The summed E-state index contributed by atoms with van der Waals surface area (Å²) in [6.45, 7) is 2.37. The summed E-state index contributed by atoms with van der Waals surface area (Å²) in [4.78, 5) is 23.7. The molecule has 0 saturated carbocycles. The zero-order chi connectivity index (χ0) is 17.8. The van der Waals surface area contributed by atoms with Gasteiger partial charge in [0.2, 0.25) is 0 Å². The SMILES string of the molecule is COC(=O)C(C)NC(=O)c1ccc2c(ccn2Cc2ccccc2)c1. The van der Waals surface area contributed by atoms with Gasteiger partial charge in [0.1, 0.15) is 6.04 Å². The van der Waals surface area contributed by atoms with E-state index < -0.39 is 12.0 Å².